The molecule has 1 heterocycles. The van der Waals surface area contributed by atoms with Gasteiger partial charge in [-0.1, -0.05) is 43.7 Å². The highest BCUT2D eigenvalue weighted by molar-refractivity contribution is 9.10. The molecule has 3 rings (SSSR count). The van der Waals surface area contributed by atoms with Crippen LogP contribution in [0.2, 0.25) is 0 Å². The van der Waals surface area contributed by atoms with E-state index in [-0.39, 0.29) is 13.2 Å². The van der Waals surface area contributed by atoms with Crippen molar-refractivity contribution in [3.63, 3.8) is 0 Å². The monoisotopic (exact) mass is 516 g/mol. The summed E-state index contributed by atoms with van der Waals surface area (Å²) in [6, 6.07) is 13.7. The van der Waals surface area contributed by atoms with Crippen molar-refractivity contribution in [1.29, 1.82) is 0 Å². The minimum atomic E-state index is -0.456. The van der Waals surface area contributed by atoms with Crippen LogP contribution in [-0.4, -0.2) is 28.7 Å². The van der Waals surface area contributed by atoms with E-state index in [0.29, 0.717) is 22.4 Å². The number of halogens is 2. The van der Waals surface area contributed by atoms with Gasteiger partial charge in [0.2, 0.25) is 0 Å². The van der Waals surface area contributed by atoms with Crippen LogP contribution in [0.4, 0.5) is 0 Å². The second kappa shape index (κ2) is 10.0. The van der Waals surface area contributed by atoms with Crippen molar-refractivity contribution < 1.29 is 19.1 Å². The summed E-state index contributed by atoms with van der Waals surface area (Å²) in [4.78, 5) is 24.0. The molecule has 0 aliphatic rings. The SMILES string of the molecule is O=C(OCC#Cc1cn[nH]c1COC(=O)c1ccc(Br)cc1)c1ccc(Br)cc1. The second-order valence-corrected chi connectivity index (χ2v) is 7.56. The molecule has 6 nitrogen and oxygen atoms in total. The van der Waals surface area contributed by atoms with Crippen molar-refractivity contribution in [2.24, 2.45) is 0 Å². The van der Waals surface area contributed by atoms with Crippen molar-refractivity contribution in [1.82, 2.24) is 10.2 Å². The Hall–Kier alpha value is -2.89. The molecule has 0 aliphatic carbocycles. The molecule has 1 N–H and O–H groups in total. The molecule has 0 unspecified atom stereocenters. The molecule has 0 fully saturated rings. The lowest BCUT2D eigenvalue weighted by Gasteiger charge is -2.04. The van der Waals surface area contributed by atoms with Gasteiger partial charge < -0.3 is 9.47 Å². The van der Waals surface area contributed by atoms with E-state index in [1.807, 2.05) is 0 Å². The highest BCUT2D eigenvalue weighted by atomic mass is 79.9. The quantitative estimate of drug-likeness (QED) is 0.398. The minimum Gasteiger partial charge on any atom is -0.456 e. The number of rotatable bonds is 5. The largest absolute Gasteiger partial charge is 0.456 e. The number of ether oxygens (including phenoxy) is 2. The summed E-state index contributed by atoms with van der Waals surface area (Å²) in [5.74, 6) is 4.71. The number of esters is 2. The van der Waals surface area contributed by atoms with Crippen molar-refractivity contribution in [2.75, 3.05) is 6.61 Å². The molecule has 0 amide bonds. The Balaban J connectivity index is 1.52. The molecule has 0 spiro atoms. The van der Waals surface area contributed by atoms with E-state index in [2.05, 4.69) is 53.9 Å². The van der Waals surface area contributed by atoms with Crippen LogP contribution in [0, 0.1) is 11.8 Å². The number of nitrogens with zero attached hydrogens (tertiary/aromatic N) is 1. The Morgan fingerprint density at radius 2 is 1.45 bits per heavy atom. The summed E-state index contributed by atoms with van der Waals surface area (Å²) in [5, 5.41) is 6.67. The van der Waals surface area contributed by atoms with Crippen molar-refractivity contribution >= 4 is 43.8 Å². The van der Waals surface area contributed by atoms with Gasteiger partial charge in [0, 0.05) is 8.95 Å². The minimum absolute atomic E-state index is 0.00239. The van der Waals surface area contributed by atoms with Crippen LogP contribution in [0.3, 0.4) is 0 Å². The fourth-order valence-electron chi connectivity index (χ4n) is 2.24. The standard InChI is InChI=1S/C21H14Br2N2O4/c22-17-7-3-14(4-8-17)20(26)28-11-1-2-16-12-24-25-19(16)13-29-21(27)15-5-9-18(23)10-6-15/h3-10,12H,11,13H2,(H,24,25). The van der Waals surface area contributed by atoms with Gasteiger partial charge >= 0.3 is 11.9 Å². The highest BCUT2D eigenvalue weighted by Gasteiger charge is 2.10. The molecule has 3 aromatic rings. The maximum Gasteiger partial charge on any atom is 0.339 e. The number of aromatic amines is 1. The van der Waals surface area contributed by atoms with E-state index in [0.717, 1.165) is 8.95 Å². The number of carbonyl (C=O) groups is 2. The molecule has 0 aliphatic heterocycles. The van der Waals surface area contributed by atoms with Gasteiger partial charge in [0.15, 0.2) is 6.61 Å². The highest BCUT2D eigenvalue weighted by Crippen LogP contribution is 2.13. The lowest BCUT2D eigenvalue weighted by Crippen LogP contribution is -2.06. The topological polar surface area (TPSA) is 81.3 Å². The van der Waals surface area contributed by atoms with E-state index in [9.17, 15) is 9.59 Å². The number of hydrogen-bond acceptors (Lipinski definition) is 5. The first-order chi connectivity index (χ1) is 14.0. The lowest BCUT2D eigenvalue weighted by atomic mass is 10.2. The fourth-order valence-corrected chi connectivity index (χ4v) is 2.77. The molecule has 0 saturated carbocycles. The first-order valence-corrected chi connectivity index (χ1v) is 9.98. The third-order valence-electron chi connectivity index (χ3n) is 3.72. The van der Waals surface area contributed by atoms with Gasteiger partial charge in [0.1, 0.15) is 6.61 Å². The number of benzene rings is 2. The predicted molar refractivity (Wildman–Crippen MR) is 113 cm³/mol. The Morgan fingerprint density at radius 3 is 2.03 bits per heavy atom. The van der Waals surface area contributed by atoms with E-state index < -0.39 is 11.9 Å². The smallest absolute Gasteiger partial charge is 0.339 e. The first-order valence-electron chi connectivity index (χ1n) is 8.39. The maximum atomic E-state index is 12.1. The number of H-pyrrole nitrogens is 1. The van der Waals surface area contributed by atoms with E-state index in [1.165, 1.54) is 6.20 Å². The summed E-state index contributed by atoms with van der Waals surface area (Å²) in [5.41, 5.74) is 2.01. The van der Waals surface area contributed by atoms with Gasteiger partial charge in [0.25, 0.3) is 0 Å². The lowest BCUT2D eigenvalue weighted by molar-refractivity contribution is 0.0466. The number of nitrogens with one attached hydrogen (secondary N) is 1. The van der Waals surface area contributed by atoms with E-state index in [1.54, 1.807) is 48.5 Å². The summed E-state index contributed by atoms with van der Waals surface area (Å²) < 4.78 is 12.2. The molecule has 0 saturated heterocycles. The molecule has 29 heavy (non-hydrogen) atoms. The molecule has 146 valence electrons. The fraction of sp³-hybridized carbons (Fsp3) is 0.0952. The Bertz CT molecular complexity index is 1060. The summed E-state index contributed by atoms with van der Waals surface area (Å²) in [7, 11) is 0. The van der Waals surface area contributed by atoms with Crippen LogP contribution < -0.4 is 0 Å². The van der Waals surface area contributed by atoms with Crippen LogP contribution in [-0.2, 0) is 16.1 Å². The van der Waals surface area contributed by atoms with Crippen molar-refractivity contribution in [3.05, 3.63) is 86.1 Å². The zero-order valence-electron chi connectivity index (χ0n) is 14.9. The van der Waals surface area contributed by atoms with Crippen LogP contribution in [0.25, 0.3) is 0 Å². The van der Waals surface area contributed by atoms with Gasteiger partial charge in [0.05, 0.1) is 28.6 Å². The second-order valence-electron chi connectivity index (χ2n) is 5.73. The van der Waals surface area contributed by atoms with Crippen molar-refractivity contribution in [2.45, 2.75) is 6.61 Å². The Labute approximate surface area is 183 Å². The summed E-state index contributed by atoms with van der Waals surface area (Å²) >= 11 is 6.62. The van der Waals surface area contributed by atoms with Gasteiger partial charge in [-0.3, -0.25) is 5.10 Å². The zero-order chi connectivity index (χ0) is 20.6. The van der Waals surface area contributed by atoms with E-state index >= 15 is 0 Å². The summed E-state index contributed by atoms with van der Waals surface area (Å²) in [6.45, 7) is -0.0736. The molecule has 1 aromatic heterocycles. The molecule has 0 radical (unpaired) electrons. The third kappa shape index (κ3) is 6.04. The number of aromatic nitrogens is 2. The predicted octanol–water partition coefficient (Wildman–Crippen LogP) is 4.50. The Morgan fingerprint density at radius 1 is 0.897 bits per heavy atom. The van der Waals surface area contributed by atoms with Crippen LogP contribution in [0.5, 0.6) is 0 Å². The molecule has 2 aromatic carbocycles. The molecule has 0 bridgehead atoms. The normalized spacial score (nSPS) is 10.0. The number of carbonyl (C=O) groups excluding carboxylic acids is 2. The Kier molecular flexibility index (Phi) is 7.22. The van der Waals surface area contributed by atoms with Crippen LogP contribution in [0.1, 0.15) is 32.0 Å². The molecular formula is C21H14Br2N2O4. The first kappa shape index (κ1) is 20.8. The third-order valence-corrected chi connectivity index (χ3v) is 4.78. The van der Waals surface area contributed by atoms with Crippen molar-refractivity contribution in [3.8, 4) is 11.8 Å². The molecule has 0 atom stereocenters. The zero-order valence-corrected chi connectivity index (χ0v) is 18.1. The van der Waals surface area contributed by atoms with Crippen LogP contribution in [0.15, 0.2) is 63.7 Å². The average molecular weight is 518 g/mol. The average Bonchev–Trinajstić information content (AvgIpc) is 3.17. The van der Waals surface area contributed by atoms with E-state index in [4.69, 9.17) is 9.47 Å². The molecule has 8 heteroatoms. The van der Waals surface area contributed by atoms with Gasteiger partial charge in [-0.2, -0.15) is 5.10 Å². The van der Waals surface area contributed by atoms with Gasteiger partial charge in [-0.25, -0.2) is 9.59 Å². The maximum absolute atomic E-state index is 12.1. The number of hydrogen-bond donors (Lipinski definition) is 1. The molecular weight excluding hydrogens is 504 g/mol. The van der Waals surface area contributed by atoms with Crippen LogP contribution >= 0.6 is 31.9 Å². The summed E-state index contributed by atoms with van der Waals surface area (Å²) in [6.07, 6.45) is 1.52. The van der Waals surface area contributed by atoms with Gasteiger partial charge in [-0.15, -0.1) is 0 Å². The van der Waals surface area contributed by atoms with Gasteiger partial charge in [-0.05, 0) is 48.5 Å².